The van der Waals surface area contributed by atoms with Gasteiger partial charge in [-0.25, -0.2) is 0 Å². The Labute approximate surface area is 69.9 Å². The molecule has 0 saturated carbocycles. The van der Waals surface area contributed by atoms with E-state index in [4.69, 9.17) is 4.74 Å². The molecule has 0 aromatic rings. The fourth-order valence-electron chi connectivity index (χ4n) is 0.640. The highest BCUT2D eigenvalue weighted by Gasteiger charge is 1.95. The van der Waals surface area contributed by atoms with Gasteiger partial charge in [0, 0.05) is 6.42 Å². The summed E-state index contributed by atoms with van der Waals surface area (Å²) in [5.41, 5.74) is 0. The number of carbonyl (C=O) groups excluding carboxylic acids is 1. The molecule has 0 rings (SSSR count). The van der Waals surface area contributed by atoms with Gasteiger partial charge in [-0.2, -0.15) is 0 Å². The molecule has 68 valence electrons. The summed E-state index contributed by atoms with van der Waals surface area (Å²) in [7, 11) is 0. The highest BCUT2D eigenvalue weighted by Crippen LogP contribution is 1.95. The first-order chi connectivity index (χ1) is 4.81. The van der Waals surface area contributed by atoms with Gasteiger partial charge in [0.2, 0.25) is 0 Å². The lowest BCUT2D eigenvalue weighted by Gasteiger charge is -2.00. The minimum Gasteiger partial charge on any atom is -0.466 e. The van der Waals surface area contributed by atoms with E-state index in [1.165, 1.54) is 6.42 Å². The van der Waals surface area contributed by atoms with E-state index in [1.54, 1.807) is 0 Å². The second-order valence-electron chi connectivity index (χ2n) is 2.28. The predicted octanol–water partition coefficient (Wildman–Crippen LogP) is 2.77. The quantitative estimate of drug-likeness (QED) is 0.456. The summed E-state index contributed by atoms with van der Waals surface area (Å²) in [6.45, 7) is 4.53. The third-order valence-electron chi connectivity index (χ3n) is 1.30. The van der Waals surface area contributed by atoms with Crippen LogP contribution in [0.5, 0.6) is 0 Å². The molecule has 0 radical (unpaired) electrons. The van der Waals surface area contributed by atoms with Crippen molar-refractivity contribution in [2.75, 3.05) is 6.61 Å². The summed E-state index contributed by atoms with van der Waals surface area (Å²) in [4.78, 5) is 10.6. The van der Waals surface area contributed by atoms with Crippen LogP contribution in [0.1, 0.15) is 47.0 Å². The molecular formula is C9H20O2. The van der Waals surface area contributed by atoms with Gasteiger partial charge < -0.3 is 4.74 Å². The van der Waals surface area contributed by atoms with Crippen molar-refractivity contribution in [3.05, 3.63) is 0 Å². The van der Waals surface area contributed by atoms with Crippen molar-refractivity contribution in [1.29, 1.82) is 0 Å². The van der Waals surface area contributed by atoms with Crippen molar-refractivity contribution < 1.29 is 9.53 Å². The Bertz CT molecular complexity index is 89.6. The van der Waals surface area contributed by atoms with E-state index in [0.29, 0.717) is 13.0 Å². The van der Waals surface area contributed by atoms with Gasteiger partial charge in [0.05, 0.1) is 6.61 Å². The highest BCUT2D eigenvalue weighted by atomic mass is 16.5. The fraction of sp³-hybridized carbons (Fsp3) is 0.889. The Hall–Kier alpha value is -0.530. The van der Waals surface area contributed by atoms with E-state index >= 15 is 0 Å². The van der Waals surface area contributed by atoms with E-state index in [-0.39, 0.29) is 13.4 Å². The van der Waals surface area contributed by atoms with Crippen LogP contribution in [0.15, 0.2) is 0 Å². The molecule has 0 spiro atoms. The number of hydrogen-bond donors (Lipinski definition) is 0. The number of esters is 1. The number of ether oxygens (including phenoxy) is 1. The number of unbranched alkanes of at least 4 members (excludes halogenated alkanes) is 2. The monoisotopic (exact) mass is 160 g/mol. The van der Waals surface area contributed by atoms with Crippen molar-refractivity contribution >= 4 is 5.97 Å². The molecule has 0 heterocycles. The van der Waals surface area contributed by atoms with Gasteiger partial charge in [-0.15, -0.1) is 0 Å². The lowest BCUT2D eigenvalue weighted by molar-refractivity contribution is -0.143. The maximum atomic E-state index is 10.6. The van der Waals surface area contributed by atoms with Crippen LogP contribution < -0.4 is 0 Å². The van der Waals surface area contributed by atoms with E-state index in [0.717, 1.165) is 12.8 Å². The molecule has 2 heteroatoms. The molecule has 0 N–H and O–H groups in total. The van der Waals surface area contributed by atoms with Crippen LogP contribution in [0, 0.1) is 0 Å². The Kier molecular flexibility index (Phi) is 11.3. The Balaban J connectivity index is 0. The van der Waals surface area contributed by atoms with E-state index < -0.39 is 0 Å². The van der Waals surface area contributed by atoms with Crippen LogP contribution in [0.25, 0.3) is 0 Å². The zero-order chi connectivity index (χ0) is 7.82. The van der Waals surface area contributed by atoms with Crippen LogP contribution in [0.4, 0.5) is 0 Å². The van der Waals surface area contributed by atoms with Crippen molar-refractivity contribution in [2.24, 2.45) is 0 Å². The standard InChI is InChI=1S/C8H16O2.CH4/c1-3-5-6-7-10-8(9)4-2;/h3-7H2,1-2H3;1H4. The molecule has 0 bridgehead atoms. The molecule has 11 heavy (non-hydrogen) atoms. The molecule has 0 aliphatic heterocycles. The van der Waals surface area contributed by atoms with Crippen molar-refractivity contribution in [2.45, 2.75) is 47.0 Å². The third-order valence-corrected chi connectivity index (χ3v) is 1.30. The van der Waals surface area contributed by atoms with E-state index in [9.17, 15) is 4.79 Å². The summed E-state index contributed by atoms with van der Waals surface area (Å²) in [5.74, 6) is -0.0869. The second kappa shape index (κ2) is 9.47. The molecular weight excluding hydrogens is 140 g/mol. The summed E-state index contributed by atoms with van der Waals surface area (Å²) in [5, 5.41) is 0. The number of hydrogen-bond acceptors (Lipinski definition) is 2. The maximum Gasteiger partial charge on any atom is 0.305 e. The molecule has 0 aliphatic carbocycles. The summed E-state index contributed by atoms with van der Waals surface area (Å²) in [6, 6.07) is 0. The Morgan fingerprint density at radius 3 is 2.36 bits per heavy atom. The largest absolute Gasteiger partial charge is 0.466 e. The Morgan fingerprint density at radius 1 is 1.27 bits per heavy atom. The Morgan fingerprint density at radius 2 is 1.91 bits per heavy atom. The average Bonchev–Trinajstić information content (AvgIpc) is 1.98. The van der Waals surface area contributed by atoms with Gasteiger partial charge >= 0.3 is 5.97 Å². The highest BCUT2D eigenvalue weighted by molar-refractivity contribution is 5.68. The minimum atomic E-state index is -0.0869. The lowest BCUT2D eigenvalue weighted by Crippen LogP contribution is -2.03. The maximum absolute atomic E-state index is 10.6. The molecule has 0 saturated heterocycles. The molecule has 0 aromatic heterocycles. The van der Waals surface area contributed by atoms with Gasteiger partial charge in [-0.05, 0) is 6.42 Å². The van der Waals surface area contributed by atoms with Crippen LogP contribution in [0.3, 0.4) is 0 Å². The summed E-state index contributed by atoms with van der Waals surface area (Å²) < 4.78 is 4.85. The van der Waals surface area contributed by atoms with Gasteiger partial charge in [0.1, 0.15) is 0 Å². The average molecular weight is 160 g/mol. The normalized spacial score (nSPS) is 8.55. The first-order valence-electron chi connectivity index (χ1n) is 3.96. The molecule has 0 unspecified atom stereocenters. The van der Waals surface area contributed by atoms with E-state index in [1.807, 2.05) is 6.92 Å². The van der Waals surface area contributed by atoms with Crippen LogP contribution >= 0.6 is 0 Å². The van der Waals surface area contributed by atoms with Gasteiger partial charge in [0.15, 0.2) is 0 Å². The topological polar surface area (TPSA) is 26.3 Å². The number of carbonyl (C=O) groups is 1. The third kappa shape index (κ3) is 9.47. The zero-order valence-corrected chi connectivity index (χ0v) is 6.85. The van der Waals surface area contributed by atoms with E-state index in [2.05, 4.69) is 6.92 Å². The van der Waals surface area contributed by atoms with Crippen LogP contribution in [-0.4, -0.2) is 12.6 Å². The molecule has 0 aliphatic rings. The molecule has 2 nitrogen and oxygen atoms in total. The van der Waals surface area contributed by atoms with Crippen molar-refractivity contribution in [3.63, 3.8) is 0 Å². The van der Waals surface area contributed by atoms with Gasteiger partial charge in [-0.1, -0.05) is 34.1 Å². The zero-order valence-electron chi connectivity index (χ0n) is 6.85. The van der Waals surface area contributed by atoms with Crippen molar-refractivity contribution in [1.82, 2.24) is 0 Å². The predicted molar refractivity (Wildman–Crippen MR) is 47.5 cm³/mol. The van der Waals surface area contributed by atoms with Crippen LogP contribution in [0.2, 0.25) is 0 Å². The first kappa shape index (κ1) is 13.1. The number of rotatable bonds is 5. The minimum absolute atomic E-state index is 0. The molecule has 0 fully saturated rings. The van der Waals surface area contributed by atoms with Crippen LogP contribution in [-0.2, 0) is 9.53 Å². The molecule has 0 aromatic carbocycles. The molecule has 0 amide bonds. The first-order valence-corrected chi connectivity index (χ1v) is 3.96. The van der Waals surface area contributed by atoms with Gasteiger partial charge in [0.25, 0.3) is 0 Å². The smallest absolute Gasteiger partial charge is 0.305 e. The van der Waals surface area contributed by atoms with Crippen molar-refractivity contribution in [3.8, 4) is 0 Å². The lowest BCUT2D eigenvalue weighted by atomic mass is 10.3. The second-order valence-corrected chi connectivity index (χ2v) is 2.28. The molecule has 0 atom stereocenters. The summed E-state index contributed by atoms with van der Waals surface area (Å²) >= 11 is 0. The van der Waals surface area contributed by atoms with Gasteiger partial charge in [-0.3, -0.25) is 4.79 Å². The SMILES string of the molecule is C.CCCCCOC(=O)CC. The fourth-order valence-corrected chi connectivity index (χ4v) is 0.640. The summed E-state index contributed by atoms with van der Waals surface area (Å²) in [6.07, 6.45) is 3.81.